The van der Waals surface area contributed by atoms with Crippen LogP contribution in [-0.4, -0.2) is 36.2 Å². The maximum atomic E-state index is 12.7. The van der Waals surface area contributed by atoms with Crippen molar-refractivity contribution in [2.75, 3.05) is 25.1 Å². The Balaban J connectivity index is 1.33. The predicted octanol–water partition coefficient (Wildman–Crippen LogP) is 3.59. The fraction of sp³-hybridized carbons (Fsp3) is 0.348. The van der Waals surface area contributed by atoms with Crippen molar-refractivity contribution in [1.82, 2.24) is 15.5 Å². The second kappa shape index (κ2) is 8.98. The third-order valence-corrected chi connectivity index (χ3v) is 5.42. The lowest BCUT2D eigenvalue weighted by Gasteiger charge is -2.33. The van der Waals surface area contributed by atoms with E-state index >= 15 is 0 Å². The molecular formula is C23H26N4O3. The summed E-state index contributed by atoms with van der Waals surface area (Å²) >= 11 is 0. The molecule has 0 unspecified atom stereocenters. The molecular weight excluding hydrogens is 380 g/mol. The quantitative estimate of drug-likeness (QED) is 0.674. The molecule has 1 aromatic heterocycles. The van der Waals surface area contributed by atoms with Crippen LogP contribution in [0.15, 0.2) is 53.1 Å². The number of nitrogens with one attached hydrogen (secondary N) is 1. The van der Waals surface area contributed by atoms with Crippen molar-refractivity contribution in [3.05, 3.63) is 60.0 Å². The van der Waals surface area contributed by atoms with Crippen LogP contribution in [0.1, 0.15) is 24.3 Å². The van der Waals surface area contributed by atoms with Gasteiger partial charge in [0.1, 0.15) is 5.75 Å². The van der Waals surface area contributed by atoms with Gasteiger partial charge in [0.2, 0.25) is 17.6 Å². The average molecular weight is 406 g/mol. The average Bonchev–Trinajstić information content (AvgIpc) is 3.27. The van der Waals surface area contributed by atoms with Gasteiger partial charge in [0.25, 0.3) is 0 Å². The number of anilines is 1. The van der Waals surface area contributed by atoms with E-state index in [1.54, 1.807) is 7.11 Å². The number of methoxy groups -OCH3 is 1. The summed E-state index contributed by atoms with van der Waals surface area (Å²) in [6.45, 7) is 3.99. The summed E-state index contributed by atoms with van der Waals surface area (Å²) in [6.07, 6.45) is 1.88. The van der Waals surface area contributed by atoms with Gasteiger partial charge >= 0.3 is 0 Å². The number of carbonyl (C=O) groups is 1. The molecule has 1 atom stereocenters. The maximum absolute atomic E-state index is 12.7. The van der Waals surface area contributed by atoms with E-state index < -0.39 is 0 Å². The molecule has 1 saturated heterocycles. The number of nitrogens with zero attached hydrogens (tertiary/aromatic N) is 3. The molecule has 0 bridgehead atoms. The van der Waals surface area contributed by atoms with Crippen LogP contribution in [0.4, 0.5) is 5.69 Å². The first-order valence-corrected chi connectivity index (χ1v) is 10.2. The van der Waals surface area contributed by atoms with Gasteiger partial charge in [-0.2, -0.15) is 4.98 Å². The van der Waals surface area contributed by atoms with Crippen LogP contribution in [0.3, 0.4) is 0 Å². The molecule has 2 heterocycles. The van der Waals surface area contributed by atoms with Crippen LogP contribution in [0.5, 0.6) is 5.75 Å². The standard InChI is InChI=1S/C23H26N4O3/c1-16-5-9-19(10-6-16)27-13-3-4-18(15-27)23(28)24-14-21-25-22(26-30-21)17-7-11-20(29-2)12-8-17/h5-12,18H,3-4,13-15H2,1-2H3,(H,24,28)/t18-/m1/s1. The first-order chi connectivity index (χ1) is 14.6. The van der Waals surface area contributed by atoms with E-state index in [1.165, 1.54) is 11.3 Å². The Labute approximate surface area is 176 Å². The van der Waals surface area contributed by atoms with E-state index in [2.05, 4.69) is 51.5 Å². The third-order valence-electron chi connectivity index (χ3n) is 5.42. The van der Waals surface area contributed by atoms with Gasteiger partial charge in [0.05, 0.1) is 19.6 Å². The molecule has 1 fully saturated rings. The number of aromatic nitrogens is 2. The lowest BCUT2D eigenvalue weighted by molar-refractivity contribution is -0.125. The van der Waals surface area contributed by atoms with Gasteiger partial charge < -0.3 is 19.5 Å². The summed E-state index contributed by atoms with van der Waals surface area (Å²) in [4.78, 5) is 19.4. The first kappa shape index (κ1) is 19.9. The van der Waals surface area contributed by atoms with Crippen molar-refractivity contribution in [2.45, 2.75) is 26.3 Å². The Morgan fingerprint density at radius 1 is 1.20 bits per heavy atom. The zero-order valence-electron chi connectivity index (χ0n) is 17.3. The Kier molecular flexibility index (Phi) is 5.97. The van der Waals surface area contributed by atoms with Gasteiger partial charge in [-0.25, -0.2) is 0 Å². The topological polar surface area (TPSA) is 80.5 Å². The van der Waals surface area contributed by atoms with E-state index in [4.69, 9.17) is 9.26 Å². The third kappa shape index (κ3) is 4.62. The fourth-order valence-electron chi connectivity index (χ4n) is 3.67. The molecule has 4 rings (SSSR count). The normalized spacial score (nSPS) is 16.3. The smallest absolute Gasteiger partial charge is 0.246 e. The van der Waals surface area contributed by atoms with E-state index in [9.17, 15) is 4.79 Å². The molecule has 156 valence electrons. The zero-order chi connectivity index (χ0) is 20.9. The van der Waals surface area contributed by atoms with Crippen LogP contribution in [0, 0.1) is 12.8 Å². The SMILES string of the molecule is COc1ccc(-c2noc(CNC(=O)[C@@H]3CCCN(c4ccc(C)cc4)C3)n2)cc1. The van der Waals surface area contributed by atoms with Crippen molar-refractivity contribution in [1.29, 1.82) is 0 Å². The number of hydrogen-bond acceptors (Lipinski definition) is 6. The van der Waals surface area contributed by atoms with Gasteiger partial charge in [-0.3, -0.25) is 4.79 Å². The van der Waals surface area contributed by atoms with Gasteiger partial charge in [-0.05, 0) is 56.2 Å². The summed E-state index contributed by atoms with van der Waals surface area (Å²) in [6, 6.07) is 15.9. The highest BCUT2D eigenvalue weighted by Crippen LogP contribution is 2.24. The summed E-state index contributed by atoms with van der Waals surface area (Å²) in [5.41, 5.74) is 3.23. The van der Waals surface area contributed by atoms with E-state index in [0.29, 0.717) is 11.7 Å². The highest BCUT2D eigenvalue weighted by molar-refractivity contribution is 5.79. The van der Waals surface area contributed by atoms with E-state index in [-0.39, 0.29) is 18.4 Å². The molecule has 3 aromatic rings. The summed E-state index contributed by atoms with van der Waals surface area (Å²) < 4.78 is 10.5. The number of piperidine rings is 1. The summed E-state index contributed by atoms with van der Waals surface area (Å²) in [5.74, 6) is 1.62. The van der Waals surface area contributed by atoms with Gasteiger partial charge in [0.15, 0.2) is 0 Å². The molecule has 2 aromatic carbocycles. The highest BCUT2D eigenvalue weighted by atomic mass is 16.5. The van der Waals surface area contributed by atoms with Crippen molar-refractivity contribution >= 4 is 11.6 Å². The Bertz CT molecular complexity index is 982. The van der Waals surface area contributed by atoms with Crippen molar-refractivity contribution in [2.24, 2.45) is 5.92 Å². The largest absolute Gasteiger partial charge is 0.497 e. The van der Waals surface area contributed by atoms with Gasteiger partial charge in [-0.1, -0.05) is 22.9 Å². The fourth-order valence-corrected chi connectivity index (χ4v) is 3.67. The molecule has 1 aliphatic heterocycles. The minimum absolute atomic E-state index is 0.0241. The predicted molar refractivity (Wildman–Crippen MR) is 114 cm³/mol. The molecule has 7 heteroatoms. The molecule has 1 amide bonds. The second-order valence-corrected chi connectivity index (χ2v) is 7.58. The molecule has 1 aliphatic rings. The number of ether oxygens (including phenoxy) is 1. The van der Waals surface area contributed by atoms with Gasteiger partial charge in [-0.15, -0.1) is 0 Å². The van der Waals surface area contributed by atoms with Crippen molar-refractivity contribution < 1.29 is 14.1 Å². The number of carbonyl (C=O) groups excluding carboxylic acids is 1. The van der Waals surface area contributed by atoms with Crippen LogP contribution in [-0.2, 0) is 11.3 Å². The second-order valence-electron chi connectivity index (χ2n) is 7.58. The monoisotopic (exact) mass is 406 g/mol. The molecule has 7 nitrogen and oxygen atoms in total. The minimum atomic E-state index is -0.0518. The number of rotatable bonds is 6. The Hall–Kier alpha value is -3.35. The zero-order valence-corrected chi connectivity index (χ0v) is 17.3. The number of benzene rings is 2. The summed E-state index contributed by atoms with van der Waals surface area (Å²) in [7, 11) is 1.62. The van der Waals surface area contributed by atoms with Crippen molar-refractivity contribution in [3.8, 4) is 17.1 Å². The van der Waals surface area contributed by atoms with E-state index in [1.807, 2.05) is 24.3 Å². The Morgan fingerprint density at radius 2 is 1.97 bits per heavy atom. The van der Waals surface area contributed by atoms with Crippen LogP contribution in [0.2, 0.25) is 0 Å². The number of amides is 1. The van der Waals surface area contributed by atoms with Crippen LogP contribution >= 0.6 is 0 Å². The van der Waals surface area contributed by atoms with Crippen molar-refractivity contribution in [3.63, 3.8) is 0 Å². The van der Waals surface area contributed by atoms with E-state index in [0.717, 1.165) is 37.2 Å². The molecule has 0 spiro atoms. The van der Waals surface area contributed by atoms with Crippen LogP contribution < -0.4 is 15.0 Å². The minimum Gasteiger partial charge on any atom is -0.497 e. The lowest BCUT2D eigenvalue weighted by atomic mass is 9.96. The highest BCUT2D eigenvalue weighted by Gasteiger charge is 2.26. The molecule has 0 saturated carbocycles. The maximum Gasteiger partial charge on any atom is 0.246 e. The molecule has 1 N–H and O–H groups in total. The number of hydrogen-bond donors (Lipinski definition) is 1. The summed E-state index contributed by atoms with van der Waals surface area (Å²) in [5, 5.41) is 6.96. The first-order valence-electron chi connectivity index (χ1n) is 10.2. The Morgan fingerprint density at radius 3 is 2.70 bits per heavy atom. The molecule has 0 aliphatic carbocycles. The molecule has 30 heavy (non-hydrogen) atoms. The number of aryl methyl sites for hydroxylation is 1. The molecule has 0 radical (unpaired) electrons. The van der Waals surface area contributed by atoms with Gasteiger partial charge in [0, 0.05) is 24.3 Å². The van der Waals surface area contributed by atoms with Crippen LogP contribution in [0.25, 0.3) is 11.4 Å². The lowest BCUT2D eigenvalue weighted by Crippen LogP contribution is -2.43.